The Labute approximate surface area is 185 Å². The maximum atomic E-state index is 14.3. The van der Waals surface area contributed by atoms with Crippen molar-refractivity contribution in [2.24, 2.45) is 0 Å². The largest absolute Gasteiger partial charge is 0.492 e. The number of nitrogens with one attached hydrogen (secondary N) is 2. The lowest BCUT2D eigenvalue weighted by Gasteiger charge is -2.13. The van der Waals surface area contributed by atoms with Crippen LogP contribution in [0.1, 0.15) is 22.8 Å². The Kier molecular flexibility index (Phi) is 7.27. The number of anilines is 1. The van der Waals surface area contributed by atoms with E-state index in [0.717, 1.165) is 12.1 Å². The van der Waals surface area contributed by atoms with Crippen molar-refractivity contribution in [2.45, 2.75) is 18.4 Å². The van der Waals surface area contributed by atoms with Crippen LogP contribution in [0, 0.1) is 5.82 Å². The molecule has 0 radical (unpaired) electrons. The summed E-state index contributed by atoms with van der Waals surface area (Å²) in [7, 11) is -4.24. The van der Waals surface area contributed by atoms with Crippen molar-refractivity contribution in [3.8, 4) is 5.75 Å². The number of rotatable bonds is 8. The van der Waals surface area contributed by atoms with E-state index in [1.807, 2.05) is 6.92 Å². The fraction of sp³-hybridized carbons (Fsp3) is 0.136. The van der Waals surface area contributed by atoms with Crippen molar-refractivity contribution < 1.29 is 22.3 Å². The SMILES string of the molecule is CCOc1ccccc1NC(=O)c1ccc(F)c(S(=O)(=O)NCc2ccccc2Cl)c1. The summed E-state index contributed by atoms with van der Waals surface area (Å²) in [6.07, 6.45) is 0. The molecule has 0 aliphatic carbocycles. The summed E-state index contributed by atoms with van der Waals surface area (Å²) in [4.78, 5) is 12.0. The predicted molar refractivity (Wildman–Crippen MR) is 117 cm³/mol. The number of halogens is 2. The first kappa shape index (κ1) is 22.7. The van der Waals surface area contributed by atoms with E-state index in [1.165, 1.54) is 6.07 Å². The van der Waals surface area contributed by atoms with Crippen molar-refractivity contribution in [3.05, 3.63) is 88.7 Å². The molecule has 162 valence electrons. The highest BCUT2D eigenvalue weighted by atomic mass is 35.5. The topological polar surface area (TPSA) is 84.5 Å². The second-order valence-corrected chi connectivity index (χ2v) is 8.59. The molecule has 3 aromatic rings. The molecule has 0 heterocycles. The van der Waals surface area contributed by atoms with Crippen molar-refractivity contribution in [1.29, 1.82) is 0 Å². The van der Waals surface area contributed by atoms with Gasteiger partial charge in [0.15, 0.2) is 0 Å². The molecule has 0 aliphatic heterocycles. The van der Waals surface area contributed by atoms with Crippen molar-refractivity contribution in [3.63, 3.8) is 0 Å². The Hall–Kier alpha value is -2.94. The molecule has 0 saturated heterocycles. The van der Waals surface area contributed by atoms with Gasteiger partial charge in [-0.3, -0.25) is 4.79 Å². The van der Waals surface area contributed by atoms with Crippen LogP contribution >= 0.6 is 11.6 Å². The summed E-state index contributed by atoms with van der Waals surface area (Å²) in [5.74, 6) is -1.11. The van der Waals surface area contributed by atoms with E-state index in [1.54, 1.807) is 48.5 Å². The van der Waals surface area contributed by atoms with E-state index in [2.05, 4.69) is 10.0 Å². The number of ether oxygens (including phenoxy) is 1. The number of hydrogen-bond acceptors (Lipinski definition) is 4. The summed E-state index contributed by atoms with van der Waals surface area (Å²) in [5, 5.41) is 3.04. The molecule has 2 N–H and O–H groups in total. The van der Waals surface area contributed by atoms with Gasteiger partial charge in [-0.15, -0.1) is 0 Å². The van der Waals surface area contributed by atoms with Crippen molar-refractivity contribution >= 4 is 33.2 Å². The smallest absolute Gasteiger partial charge is 0.255 e. The van der Waals surface area contributed by atoms with Gasteiger partial charge in [-0.05, 0) is 48.9 Å². The average molecular weight is 463 g/mol. The van der Waals surface area contributed by atoms with Crippen LogP contribution < -0.4 is 14.8 Å². The highest BCUT2D eigenvalue weighted by Gasteiger charge is 2.22. The molecular formula is C22H20ClFN2O4S. The van der Waals surface area contributed by atoms with E-state index in [0.29, 0.717) is 28.6 Å². The molecule has 0 unspecified atom stereocenters. The number of amides is 1. The molecule has 0 aliphatic rings. The standard InChI is InChI=1S/C22H20ClFN2O4S/c1-2-30-20-10-6-5-9-19(20)26-22(27)15-11-12-18(24)21(13-15)31(28,29)25-14-16-7-3-4-8-17(16)23/h3-13,25H,2,14H2,1H3,(H,26,27). The minimum absolute atomic E-state index is 0.0224. The van der Waals surface area contributed by atoms with Gasteiger partial charge in [-0.1, -0.05) is 41.9 Å². The number of hydrogen-bond donors (Lipinski definition) is 2. The Morgan fingerprint density at radius 3 is 2.52 bits per heavy atom. The molecule has 0 aromatic heterocycles. The third-order valence-corrected chi connectivity index (χ3v) is 6.11. The third kappa shape index (κ3) is 5.61. The highest BCUT2D eigenvalue weighted by Crippen LogP contribution is 2.25. The van der Waals surface area contributed by atoms with E-state index in [4.69, 9.17) is 16.3 Å². The fourth-order valence-electron chi connectivity index (χ4n) is 2.79. The van der Waals surface area contributed by atoms with Crippen LogP contribution in [-0.4, -0.2) is 20.9 Å². The van der Waals surface area contributed by atoms with Crippen LogP contribution in [0.2, 0.25) is 5.02 Å². The summed E-state index contributed by atoms with van der Waals surface area (Å²) in [5.41, 5.74) is 0.931. The molecule has 0 atom stereocenters. The van der Waals surface area contributed by atoms with Crippen molar-refractivity contribution in [1.82, 2.24) is 4.72 Å². The third-order valence-electron chi connectivity index (χ3n) is 4.33. The molecule has 6 nitrogen and oxygen atoms in total. The molecule has 1 amide bonds. The number of carbonyl (C=O) groups excluding carboxylic acids is 1. The second kappa shape index (κ2) is 9.91. The van der Waals surface area contributed by atoms with Gasteiger partial charge in [0, 0.05) is 17.1 Å². The summed E-state index contributed by atoms with van der Waals surface area (Å²) in [6.45, 7) is 2.09. The van der Waals surface area contributed by atoms with Gasteiger partial charge < -0.3 is 10.1 Å². The molecule has 0 bridgehead atoms. The molecule has 0 spiro atoms. The molecule has 9 heteroatoms. The zero-order valence-corrected chi connectivity index (χ0v) is 18.1. The maximum absolute atomic E-state index is 14.3. The minimum Gasteiger partial charge on any atom is -0.492 e. The summed E-state index contributed by atoms with van der Waals surface area (Å²) in [6, 6.07) is 16.7. The zero-order chi connectivity index (χ0) is 22.4. The monoisotopic (exact) mass is 462 g/mol. The van der Waals surface area contributed by atoms with Crippen LogP contribution in [-0.2, 0) is 16.6 Å². The van der Waals surface area contributed by atoms with Crippen LogP contribution in [0.3, 0.4) is 0 Å². The van der Waals surface area contributed by atoms with Gasteiger partial charge in [0.05, 0.1) is 12.3 Å². The molecule has 0 fully saturated rings. The van der Waals surface area contributed by atoms with Gasteiger partial charge in [0.25, 0.3) is 5.91 Å². The van der Waals surface area contributed by atoms with Gasteiger partial charge in [-0.2, -0.15) is 0 Å². The highest BCUT2D eigenvalue weighted by molar-refractivity contribution is 7.89. The predicted octanol–water partition coefficient (Wildman–Crippen LogP) is 4.61. The Morgan fingerprint density at radius 2 is 1.77 bits per heavy atom. The number of sulfonamides is 1. The van der Waals surface area contributed by atoms with E-state index in [9.17, 15) is 17.6 Å². The Balaban J connectivity index is 1.82. The zero-order valence-electron chi connectivity index (χ0n) is 16.6. The number of para-hydroxylation sites is 2. The molecule has 3 aromatic carbocycles. The minimum atomic E-state index is -4.24. The number of benzene rings is 3. The molecule has 3 rings (SSSR count). The van der Waals surface area contributed by atoms with E-state index in [-0.39, 0.29) is 12.1 Å². The van der Waals surface area contributed by atoms with Crippen LogP contribution in [0.4, 0.5) is 10.1 Å². The van der Waals surface area contributed by atoms with Crippen LogP contribution in [0.25, 0.3) is 0 Å². The fourth-order valence-corrected chi connectivity index (χ4v) is 4.10. The van der Waals surface area contributed by atoms with E-state index >= 15 is 0 Å². The lowest BCUT2D eigenvalue weighted by Crippen LogP contribution is -2.25. The second-order valence-electron chi connectivity index (χ2n) is 6.44. The van der Waals surface area contributed by atoms with Crippen LogP contribution in [0.5, 0.6) is 5.75 Å². The number of carbonyl (C=O) groups is 1. The van der Waals surface area contributed by atoms with Gasteiger partial charge >= 0.3 is 0 Å². The van der Waals surface area contributed by atoms with E-state index < -0.39 is 26.6 Å². The summed E-state index contributed by atoms with van der Waals surface area (Å²) >= 11 is 6.04. The lowest BCUT2D eigenvalue weighted by molar-refractivity contribution is 0.102. The summed E-state index contributed by atoms with van der Waals surface area (Å²) < 4.78 is 47.4. The average Bonchev–Trinajstić information content (AvgIpc) is 2.75. The Bertz CT molecular complexity index is 1200. The molecule has 31 heavy (non-hydrogen) atoms. The first-order chi connectivity index (χ1) is 14.8. The molecular weight excluding hydrogens is 443 g/mol. The van der Waals surface area contributed by atoms with Crippen LogP contribution in [0.15, 0.2) is 71.6 Å². The lowest BCUT2D eigenvalue weighted by atomic mass is 10.2. The maximum Gasteiger partial charge on any atom is 0.255 e. The first-order valence-corrected chi connectivity index (χ1v) is 11.2. The molecule has 0 saturated carbocycles. The first-order valence-electron chi connectivity index (χ1n) is 9.37. The van der Waals surface area contributed by atoms with Crippen molar-refractivity contribution in [2.75, 3.05) is 11.9 Å². The van der Waals surface area contributed by atoms with Gasteiger partial charge in [0.2, 0.25) is 10.0 Å². The normalized spacial score (nSPS) is 11.2. The van der Waals surface area contributed by atoms with Gasteiger partial charge in [0.1, 0.15) is 16.5 Å². The Morgan fingerprint density at radius 1 is 1.06 bits per heavy atom. The quantitative estimate of drug-likeness (QED) is 0.512. The van der Waals surface area contributed by atoms with Gasteiger partial charge in [-0.25, -0.2) is 17.5 Å².